The second kappa shape index (κ2) is 7.52. The summed E-state index contributed by atoms with van der Waals surface area (Å²) in [4.78, 5) is 10.7. The maximum absolute atomic E-state index is 5.30. The lowest BCUT2D eigenvalue weighted by Crippen LogP contribution is -2.21. The maximum Gasteiger partial charge on any atom is 0.230 e. The van der Waals surface area contributed by atoms with Gasteiger partial charge in [0.2, 0.25) is 5.95 Å². The summed E-state index contributed by atoms with van der Waals surface area (Å²) in [7, 11) is 1.96. The molecule has 0 aliphatic carbocycles. The minimum absolute atomic E-state index is 0.445. The Hall–Kier alpha value is -2.99. The number of thiocarbonyl (C=S) groups is 1. The molecule has 1 heterocycles. The fraction of sp³-hybridized carbons (Fsp3) is 0.0556. The number of aromatic nitrogens is 2. The Balaban J connectivity index is 1.70. The Bertz CT molecular complexity index is 808. The molecule has 3 aromatic rings. The Morgan fingerprint density at radius 2 is 1.58 bits per heavy atom. The second-order valence-electron chi connectivity index (χ2n) is 5.08. The van der Waals surface area contributed by atoms with Gasteiger partial charge in [-0.05, 0) is 42.5 Å². The van der Waals surface area contributed by atoms with E-state index in [1.54, 1.807) is 6.20 Å². The molecule has 0 unspecified atom stereocenters. The predicted molar refractivity (Wildman–Crippen MR) is 103 cm³/mol. The third-order valence-corrected chi connectivity index (χ3v) is 3.59. The highest BCUT2D eigenvalue weighted by Crippen LogP contribution is 2.21. The van der Waals surface area contributed by atoms with E-state index < -0.39 is 0 Å². The van der Waals surface area contributed by atoms with Gasteiger partial charge in [-0.15, -0.1) is 0 Å². The fourth-order valence-corrected chi connectivity index (χ4v) is 2.37. The summed E-state index contributed by atoms with van der Waals surface area (Å²) in [5, 5.41) is 6.55. The minimum atomic E-state index is 0.445. The van der Waals surface area contributed by atoms with E-state index in [2.05, 4.69) is 20.6 Å². The smallest absolute Gasteiger partial charge is 0.230 e. The molecule has 5 nitrogen and oxygen atoms in total. The van der Waals surface area contributed by atoms with Crippen molar-refractivity contribution in [1.82, 2.24) is 9.97 Å². The summed E-state index contributed by atoms with van der Waals surface area (Å²) < 4.78 is 0. The maximum atomic E-state index is 5.30. The van der Waals surface area contributed by atoms with Gasteiger partial charge in [-0.3, -0.25) is 0 Å². The van der Waals surface area contributed by atoms with Gasteiger partial charge in [0, 0.05) is 24.6 Å². The largest absolute Gasteiger partial charge is 0.332 e. The lowest BCUT2D eigenvalue weighted by atomic mass is 10.3. The van der Waals surface area contributed by atoms with E-state index in [1.165, 1.54) is 0 Å². The van der Waals surface area contributed by atoms with Crippen molar-refractivity contribution >= 4 is 40.5 Å². The molecule has 0 fully saturated rings. The number of hydrogen-bond acceptors (Lipinski definition) is 4. The molecule has 0 saturated heterocycles. The number of hydrogen-bond donors (Lipinski definition) is 2. The lowest BCUT2D eigenvalue weighted by Gasteiger charge is -2.18. The van der Waals surface area contributed by atoms with Crippen molar-refractivity contribution in [2.75, 3.05) is 22.6 Å². The van der Waals surface area contributed by atoms with E-state index in [4.69, 9.17) is 12.2 Å². The van der Waals surface area contributed by atoms with Crippen molar-refractivity contribution in [1.29, 1.82) is 0 Å². The van der Waals surface area contributed by atoms with Crippen molar-refractivity contribution in [2.24, 2.45) is 0 Å². The molecule has 0 amide bonds. The van der Waals surface area contributed by atoms with E-state index in [0.29, 0.717) is 11.1 Å². The van der Waals surface area contributed by atoms with Crippen molar-refractivity contribution < 1.29 is 0 Å². The van der Waals surface area contributed by atoms with Crippen molar-refractivity contribution in [3.63, 3.8) is 0 Å². The first-order chi connectivity index (χ1) is 11.7. The molecule has 0 spiro atoms. The molecule has 120 valence electrons. The van der Waals surface area contributed by atoms with Gasteiger partial charge in [-0.1, -0.05) is 36.4 Å². The molecule has 0 bridgehead atoms. The monoisotopic (exact) mass is 335 g/mol. The van der Waals surface area contributed by atoms with E-state index in [0.717, 1.165) is 17.2 Å². The van der Waals surface area contributed by atoms with Gasteiger partial charge < -0.3 is 15.5 Å². The minimum Gasteiger partial charge on any atom is -0.332 e. The van der Waals surface area contributed by atoms with Gasteiger partial charge in [-0.2, -0.15) is 4.98 Å². The number of para-hydroxylation sites is 2. The number of anilines is 4. The average Bonchev–Trinajstić information content (AvgIpc) is 2.63. The number of rotatable bonds is 4. The van der Waals surface area contributed by atoms with E-state index in [9.17, 15) is 0 Å². The third kappa shape index (κ3) is 4.05. The van der Waals surface area contributed by atoms with Crippen LogP contribution in [0, 0.1) is 0 Å². The standard InChI is InChI=1S/C18H17N5S/c1-23(15-10-6-3-7-11-15)16-12-13-19-17(21-16)22-18(24)20-14-8-4-2-5-9-14/h2-13H,1H3,(H2,19,20,21,22,24). The van der Waals surface area contributed by atoms with E-state index in [-0.39, 0.29) is 0 Å². The van der Waals surface area contributed by atoms with Crippen molar-refractivity contribution in [3.8, 4) is 0 Å². The molecular formula is C18H17N5S. The van der Waals surface area contributed by atoms with Gasteiger partial charge in [0.15, 0.2) is 5.11 Å². The van der Waals surface area contributed by atoms with Gasteiger partial charge >= 0.3 is 0 Å². The highest BCUT2D eigenvalue weighted by molar-refractivity contribution is 7.80. The summed E-state index contributed by atoms with van der Waals surface area (Å²) in [5.74, 6) is 1.23. The Kier molecular flexibility index (Phi) is 4.98. The first-order valence-corrected chi connectivity index (χ1v) is 7.88. The Morgan fingerprint density at radius 1 is 0.917 bits per heavy atom. The summed E-state index contributed by atoms with van der Waals surface area (Å²) in [6.07, 6.45) is 1.70. The fourth-order valence-electron chi connectivity index (χ4n) is 2.17. The average molecular weight is 335 g/mol. The van der Waals surface area contributed by atoms with Crippen LogP contribution >= 0.6 is 12.2 Å². The molecule has 24 heavy (non-hydrogen) atoms. The molecule has 0 aliphatic rings. The summed E-state index contributed by atoms with van der Waals surface area (Å²) in [6, 6.07) is 21.6. The van der Waals surface area contributed by atoms with Crippen LogP contribution in [-0.2, 0) is 0 Å². The molecular weight excluding hydrogens is 318 g/mol. The highest BCUT2D eigenvalue weighted by atomic mass is 32.1. The van der Waals surface area contributed by atoms with Crippen molar-refractivity contribution in [3.05, 3.63) is 72.9 Å². The molecule has 0 aliphatic heterocycles. The molecule has 0 atom stereocenters. The summed E-state index contributed by atoms with van der Waals surface area (Å²) in [5.41, 5.74) is 1.96. The Morgan fingerprint density at radius 3 is 2.29 bits per heavy atom. The van der Waals surface area contributed by atoms with Crippen LogP contribution in [0.15, 0.2) is 72.9 Å². The molecule has 2 aromatic carbocycles. The molecule has 6 heteroatoms. The SMILES string of the molecule is CN(c1ccccc1)c1ccnc(NC(=S)Nc2ccccc2)n1. The zero-order valence-corrected chi connectivity index (χ0v) is 14.0. The molecule has 0 saturated carbocycles. The zero-order valence-electron chi connectivity index (χ0n) is 13.2. The van der Waals surface area contributed by atoms with Crippen molar-refractivity contribution in [2.45, 2.75) is 0 Å². The molecule has 3 rings (SSSR count). The van der Waals surface area contributed by atoms with Crippen LogP contribution in [0.2, 0.25) is 0 Å². The van der Waals surface area contributed by atoms with Crippen LogP contribution < -0.4 is 15.5 Å². The molecule has 1 aromatic heterocycles. The van der Waals surface area contributed by atoms with Crippen LogP contribution in [-0.4, -0.2) is 22.1 Å². The van der Waals surface area contributed by atoms with Gasteiger partial charge in [-0.25, -0.2) is 4.98 Å². The number of nitrogens with one attached hydrogen (secondary N) is 2. The van der Waals surface area contributed by atoms with Gasteiger partial charge in [0.25, 0.3) is 0 Å². The second-order valence-corrected chi connectivity index (χ2v) is 5.49. The molecule has 0 radical (unpaired) electrons. The Labute approximate surface area is 146 Å². The molecule has 2 N–H and O–H groups in total. The van der Waals surface area contributed by atoms with E-state index in [1.807, 2.05) is 78.7 Å². The predicted octanol–water partition coefficient (Wildman–Crippen LogP) is 4.05. The summed E-state index contributed by atoms with van der Waals surface area (Å²) in [6.45, 7) is 0. The van der Waals surface area contributed by atoms with Gasteiger partial charge in [0.05, 0.1) is 0 Å². The quantitative estimate of drug-likeness (QED) is 0.702. The number of nitrogens with zero attached hydrogens (tertiary/aromatic N) is 3. The third-order valence-electron chi connectivity index (χ3n) is 3.39. The van der Waals surface area contributed by atoms with Gasteiger partial charge in [0.1, 0.15) is 5.82 Å². The van der Waals surface area contributed by atoms with Crippen LogP contribution in [0.3, 0.4) is 0 Å². The van der Waals surface area contributed by atoms with Crippen LogP contribution in [0.4, 0.5) is 23.1 Å². The topological polar surface area (TPSA) is 53.1 Å². The normalized spacial score (nSPS) is 10.0. The van der Waals surface area contributed by atoms with Crippen LogP contribution in [0.25, 0.3) is 0 Å². The number of benzene rings is 2. The van der Waals surface area contributed by atoms with E-state index >= 15 is 0 Å². The van der Waals surface area contributed by atoms with Crippen LogP contribution in [0.1, 0.15) is 0 Å². The van der Waals surface area contributed by atoms with Crippen LogP contribution in [0.5, 0.6) is 0 Å². The highest BCUT2D eigenvalue weighted by Gasteiger charge is 2.07. The first-order valence-electron chi connectivity index (χ1n) is 7.47. The first kappa shape index (κ1) is 15.9. The lowest BCUT2D eigenvalue weighted by molar-refractivity contribution is 1.09. The summed E-state index contributed by atoms with van der Waals surface area (Å²) >= 11 is 5.30. The zero-order chi connectivity index (χ0) is 16.8.